The molecule has 3 aromatic rings. The molecule has 2 aromatic carbocycles. The molecule has 6 nitrogen and oxygen atoms in total. The first kappa shape index (κ1) is 21.7. The predicted octanol–water partition coefficient (Wildman–Crippen LogP) is 5.04. The van der Waals surface area contributed by atoms with Crippen LogP contribution in [-0.4, -0.2) is 29.0 Å². The third-order valence-electron chi connectivity index (χ3n) is 5.63. The van der Waals surface area contributed by atoms with Gasteiger partial charge in [0.1, 0.15) is 17.1 Å². The van der Waals surface area contributed by atoms with E-state index in [-0.39, 0.29) is 23.8 Å². The maximum absolute atomic E-state index is 13.9. The molecule has 3 atom stereocenters. The SMILES string of the molecule is COc1cccc([C@@H]2C[C@@H](C(F)(F)F)n3ncc(C(=O)N[C@@H](C)c4ccccc4)c3N2)c1. The lowest BCUT2D eigenvalue weighted by Gasteiger charge is -2.34. The number of halogens is 3. The fourth-order valence-electron chi connectivity index (χ4n) is 3.91. The zero-order valence-electron chi connectivity index (χ0n) is 17.6. The number of carbonyl (C=O) groups is 1. The summed E-state index contributed by atoms with van der Waals surface area (Å²) in [5, 5.41) is 9.85. The van der Waals surface area contributed by atoms with Gasteiger partial charge in [-0.2, -0.15) is 18.3 Å². The lowest BCUT2D eigenvalue weighted by atomic mass is 9.96. The van der Waals surface area contributed by atoms with Gasteiger partial charge in [0.15, 0.2) is 6.04 Å². The number of alkyl halides is 3. The van der Waals surface area contributed by atoms with Crippen molar-refractivity contribution >= 4 is 11.7 Å². The van der Waals surface area contributed by atoms with Crippen LogP contribution in [0.4, 0.5) is 19.0 Å². The van der Waals surface area contributed by atoms with Crippen LogP contribution in [0.5, 0.6) is 5.75 Å². The van der Waals surface area contributed by atoms with Crippen molar-refractivity contribution in [3.8, 4) is 5.75 Å². The van der Waals surface area contributed by atoms with Gasteiger partial charge in [-0.25, -0.2) is 4.68 Å². The zero-order valence-corrected chi connectivity index (χ0v) is 17.6. The van der Waals surface area contributed by atoms with E-state index in [2.05, 4.69) is 15.7 Å². The van der Waals surface area contributed by atoms with E-state index >= 15 is 0 Å². The standard InChI is InChI=1S/C23H23F3N4O2/c1-14(15-7-4-3-5-8-15)28-22(31)18-13-27-30-20(23(24,25)26)12-19(29-21(18)30)16-9-6-10-17(11-16)32-2/h3-11,13-14,19-20,29H,12H2,1-2H3,(H,28,31)/t14-,19-,20-/m0/s1. The van der Waals surface area contributed by atoms with E-state index in [1.54, 1.807) is 24.3 Å². The number of nitrogens with one attached hydrogen (secondary N) is 2. The molecule has 2 N–H and O–H groups in total. The summed E-state index contributed by atoms with van der Waals surface area (Å²) < 4.78 is 47.7. The van der Waals surface area contributed by atoms with Crippen LogP contribution in [0.15, 0.2) is 60.8 Å². The molecular weight excluding hydrogens is 421 g/mol. The van der Waals surface area contributed by atoms with Crippen LogP contribution in [0.1, 0.15) is 53.0 Å². The van der Waals surface area contributed by atoms with Crippen molar-refractivity contribution in [2.75, 3.05) is 12.4 Å². The third-order valence-corrected chi connectivity index (χ3v) is 5.63. The first-order valence-electron chi connectivity index (χ1n) is 10.2. The molecular formula is C23H23F3N4O2. The minimum atomic E-state index is -4.52. The third kappa shape index (κ3) is 4.28. The normalized spacial score (nSPS) is 18.9. The molecule has 2 heterocycles. The second-order valence-electron chi connectivity index (χ2n) is 7.72. The summed E-state index contributed by atoms with van der Waals surface area (Å²) in [6.07, 6.45) is -3.60. The Bertz CT molecular complexity index is 1100. The molecule has 0 bridgehead atoms. The largest absolute Gasteiger partial charge is 0.497 e. The number of anilines is 1. The van der Waals surface area contributed by atoms with Gasteiger partial charge >= 0.3 is 6.18 Å². The van der Waals surface area contributed by atoms with Crippen LogP contribution in [0.25, 0.3) is 0 Å². The average Bonchev–Trinajstić information content (AvgIpc) is 3.22. The summed E-state index contributed by atoms with van der Waals surface area (Å²) in [4.78, 5) is 13.0. The summed E-state index contributed by atoms with van der Waals surface area (Å²) >= 11 is 0. The van der Waals surface area contributed by atoms with Crippen LogP contribution >= 0.6 is 0 Å². The van der Waals surface area contributed by atoms with E-state index in [0.29, 0.717) is 11.3 Å². The number of fused-ring (bicyclic) bond motifs is 1. The van der Waals surface area contributed by atoms with Gasteiger partial charge in [0, 0.05) is 6.42 Å². The Labute approximate surface area is 183 Å². The number of aromatic nitrogens is 2. The van der Waals surface area contributed by atoms with Gasteiger partial charge in [-0.3, -0.25) is 4.79 Å². The van der Waals surface area contributed by atoms with E-state index in [4.69, 9.17) is 4.74 Å². The number of hydrogen-bond acceptors (Lipinski definition) is 4. The second kappa shape index (κ2) is 8.57. The Balaban J connectivity index is 1.66. The molecule has 168 valence electrons. The Morgan fingerprint density at radius 3 is 2.66 bits per heavy atom. The quantitative estimate of drug-likeness (QED) is 0.578. The molecule has 4 rings (SSSR count). The summed E-state index contributed by atoms with van der Waals surface area (Å²) in [6, 6.07) is 13.3. The van der Waals surface area contributed by atoms with E-state index in [9.17, 15) is 18.0 Å². The number of ether oxygens (including phenoxy) is 1. The highest BCUT2D eigenvalue weighted by atomic mass is 19.4. The fraction of sp³-hybridized carbons (Fsp3) is 0.304. The molecule has 32 heavy (non-hydrogen) atoms. The summed E-state index contributed by atoms with van der Waals surface area (Å²) in [7, 11) is 1.50. The van der Waals surface area contributed by atoms with Crippen molar-refractivity contribution in [2.45, 2.75) is 37.6 Å². The molecule has 9 heteroatoms. The number of carbonyl (C=O) groups excluding carboxylic acids is 1. The van der Waals surface area contributed by atoms with Crippen molar-refractivity contribution in [2.24, 2.45) is 0 Å². The number of benzene rings is 2. The first-order chi connectivity index (χ1) is 15.3. The van der Waals surface area contributed by atoms with Crippen molar-refractivity contribution in [3.63, 3.8) is 0 Å². The number of hydrogen-bond donors (Lipinski definition) is 2. The van der Waals surface area contributed by atoms with Gasteiger partial charge in [-0.05, 0) is 30.2 Å². The molecule has 0 fully saturated rings. The number of nitrogens with zero attached hydrogens (tertiary/aromatic N) is 2. The van der Waals surface area contributed by atoms with Crippen LogP contribution in [-0.2, 0) is 0 Å². The Hall–Kier alpha value is -3.49. The van der Waals surface area contributed by atoms with Gasteiger partial charge in [0.05, 0.1) is 25.4 Å². The van der Waals surface area contributed by atoms with Crippen molar-refractivity contribution in [1.82, 2.24) is 15.1 Å². The Morgan fingerprint density at radius 1 is 1.22 bits per heavy atom. The van der Waals surface area contributed by atoms with Crippen molar-refractivity contribution in [3.05, 3.63) is 77.5 Å². The number of rotatable bonds is 5. The molecule has 0 saturated heterocycles. The molecule has 1 aliphatic heterocycles. The van der Waals surface area contributed by atoms with E-state index in [1.807, 2.05) is 37.3 Å². The second-order valence-corrected chi connectivity index (χ2v) is 7.72. The maximum atomic E-state index is 13.9. The number of methoxy groups -OCH3 is 1. The maximum Gasteiger partial charge on any atom is 0.410 e. The monoisotopic (exact) mass is 444 g/mol. The minimum Gasteiger partial charge on any atom is -0.497 e. The molecule has 0 saturated carbocycles. The topological polar surface area (TPSA) is 68.2 Å². The Morgan fingerprint density at radius 2 is 1.97 bits per heavy atom. The average molecular weight is 444 g/mol. The van der Waals surface area contributed by atoms with Crippen molar-refractivity contribution in [1.29, 1.82) is 0 Å². The highest BCUT2D eigenvalue weighted by Crippen LogP contribution is 2.44. The van der Waals surface area contributed by atoms with Crippen LogP contribution in [0, 0.1) is 0 Å². The molecule has 0 aliphatic carbocycles. The van der Waals surface area contributed by atoms with E-state index < -0.39 is 24.2 Å². The minimum absolute atomic E-state index is 0.0455. The summed E-state index contributed by atoms with van der Waals surface area (Å²) in [5.74, 6) is 0.0908. The summed E-state index contributed by atoms with van der Waals surface area (Å²) in [6.45, 7) is 1.81. The first-order valence-corrected chi connectivity index (χ1v) is 10.2. The molecule has 1 aromatic heterocycles. The lowest BCUT2D eigenvalue weighted by Crippen LogP contribution is -2.36. The van der Waals surface area contributed by atoms with Gasteiger partial charge < -0.3 is 15.4 Å². The van der Waals surface area contributed by atoms with Gasteiger partial charge in [0.2, 0.25) is 0 Å². The smallest absolute Gasteiger partial charge is 0.410 e. The molecule has 0 unspecified atom stereocenters. The highest BCUT2D eigenvalue weighted by Gasteiger charge is 2.47. The van der Waals surface area contributed by atoms with E-state index in [0.717, 1.165) is 10.2 Å². The highest BCUT2D eigenvalue weighted by molar-refractivity contribution is 5.99. The molecule has 1 aliphatic rings. The van der Waals surface area contributed by atoms with Crippen LogP contribution in [0.3, 0.4) is 0 Å². The Kier molecular flexibility index (Phi) is 5.82. The fourth-order valence-corrected chi connectivity index (χ4v) is 3.91. The van der Waals surface area contributed by atoms with E-state index in [1.165, 1.54) is 13.3 Å². The van der Waals surface area contributed by atoms with Gasteiger partial charge in [-0.1, -0.05) is 42.5 Å². The zero-order chi connectivity index (χ0) is 22.9. The molecule has 0 spiro atoms. The molecule has 1 amide bonds. The molecule has 0 radical (unpaired) electrons. The van der Waals surface area contributed by atoms with Crippen LogP contribution < -0.4 is 15.4 Å². The summed E-state index contributed by atoms with van der Waals surface area (Å²) in [5.41, 5.74) is 1.59. The van der Waals surface area contributed by atoms with Gasteiger partial charge in [-0.15, -0.1) is 0 Å². The predicted molar refractivity (Wildman–Crippen MR) is 114 cm³/mol. The van der Waals surface area contributed by atoms with Gasteiger partial charge in [0.25, 0.3) is 5.91 Å². The number of amides is 1. The lowest BCUT2D eigenvalue weighted by molar-refractivity contribution is -0.173. The van der Waals surface area contributed by atoms with Crippen LogP contribution in [0.2, 0.25) is 0 Å². The van der Waals surface area contributed by atoms with Crippen molar-refractivity contribution < 1.29 is 22.7 Å².